The normalized spacial score (nSPS) is 11.1. The van der Waals surface area contributed by atoms with Crippen LogP contribution in [0.2, 0.25) is 0 Å². The highest BCUT2D eigenvalue weighted by atomic mass is 16.5. The lowest BCUT2D eigenvalue weighted by molar-refractivity contribution is 0.0522. The van der Waals surface area contributed by atoms with Gasteiger partial charge in [-0.15, -0.1) is 0 Å². The van der Waals surface area contributed by atoms with Gasteiger partial charge in [0.15, 0.2) is 0 Å². The zero-order valence-corrected chi connectivity index (χ0v) is 11.0. The maximum Gasteiger partial charge on any atom is 0.342 e. The standard InChI is InChI=1S/C15H18O3/c1-4-6-7-9-12-10-8-11-13(17-3)14(12)15(16)18-5-2/h4,6-11H,5H2,1-3H3/b6-4+,9-7+. The molecule has 0 aliphatic rings. The highest BCUT2D eigenvalue weighted by Crippen LogP contribution is 2.24. The Hall–Kier alpha value is -2.03. The van der Waals surface area contributed by atoms with E-state index >= 15 is 0 Å². The molecule has 0 aromatic heterocycles. The highest BCUT2D eigenvalue weighted by molar-refractivity contribution is 5.96. The number of hydrogen-bond donors (Lipinski definition) is 0. The maximum atomic E-state index is 11.9. The second-order valence-corrected chi connectivity index (χ2v) is 3.53. The summed E-state index contributed by atoms with van der Waals surface area (Å²) in [5, 5.41) is 0. The fourth-order valence-electron chi connectivity index (χ4n) is 1.55. The Balaban J connectivity index is 3.19. The zero-order valence-electron chi connectivity index (χ0n) is 11.0. The third-order valence-corrected chi connectivity index (χ3v) is 2.34. The zero-order chi connectivity index (χ0) is 13.4. The van der Waals surface area contributed by atoms with Crippen LogP contribution >= 0.6 is 0 Å². The molecule has 0 unspecified atom stereocenters. The van der Waals surface area contributed by atoms with Crippen molar-refractivity contribution in [1.29, 1.82) is 0 Å². The Morgan fingerprint density at radius 3 is 2.72 bits per heavy atom. The quantitative estimate of drug-likeness (QED) is 0.589. The fraction of sp³-hybridized carbons (Fsp3) is 0.267. The van der Waals surface area contributed by atoms with Crippen LogP contribution in [0.1, 0.15) is 29.8 Å². The molecule has 1 aromatic rings. The molecular formula is C15H18O3. The Morgan fingerprint density at radius 1 is 1.33 bits per heavy atom. The summed E-state index contributed by atoms with van der Waals surface area (Å²) in [4.78, 5) is 11.9. The van der Waals surface area contributed by atoms with Crippen molar-refractivity contribution in [2.24, 2.45) is 0 Å². The number of hydrogen-bond acceptors (Lipinski definition) is 3. The van der Waals surface area contributed by atoms with Crippen molar-refractivity contribution in [3.05, 3.63) is 47.6 Å². The Kier molecular flexibility index (Phi) is 5.71. The van der Waals surface area contributed by atoms with Crippen molar-refractivity contribution in [1.82, 2.24) is 0 Å². The molecule has 0 saturated carbocycles. The molecular weight excluding hydrogens is 228 g/mol. The third kappa shape index (κ3) is 3.48. The van der Waals surface area contributed by atoms with Crippen molar-refractivity contribution in [3.63, 3.8) is 0 Å². The van der Waals surface area contributed by atoms with Crippen molar-refractivity contribution in [2.45, 2.75) is 13.8 Å². The van der Waals surface area contributed by atoms with Crippen molar-refractivity contribution < 1.29 is 14.3 Å². The average Bonchev–Trinajstić information content (AvgIpc) is 2.39. The van der Waals surface area contributed by atoms with Crippen LogP contribution in [0.5, 0.6) is 5.75 Å². The summed E-state index contributed by atoms with van der Waals surface area (Å²) in [7, 11) is 1.54. The Morgan fingerprint density at radius 2 is 2.11 bits per heavy atom. The van der Waals surface area contributed by atoms with Crippen LogP contribution in [0.4, 0.5) is 0 Å². The number of esters is 1. The number of methoxy groups -OCH3 is 1. The van der Waals surface area contributed by atoms with Gasteiger partial charge < -0.3 is 9.47 Å². The smallest absolute Gasteiger partial charge is 0.342 e. The summed E-state index contributed by atoms with van der Waals surface area (Å²) in [5.41, 5.74) is 1.24. The van der Waals surface area contributed by atoms with E-state index in [1.165, 1.54) is 7.11 Å². The van der Waals surface area contributed by atoms with Crippen molar-refractivity contribution in [3.8, 4) is 5.75 Å². The first-order chi connectivity index (χ1) is 8.74. The number of allylic oxidation sites excluding steroid dienone is 3. The SMILES string of the molecule is C/C=C/C=C/c1cccc(OC)c1C(=O)OCC. The van der Waals surface area contributed by atoms with Gasteiger partial charge >= 0.3 is 5.97 Å². The first kappa shape index (κ1) is 14.0. The average molecular weight is 246 g/mol. The highest BCUT2D eigenvalue weighted by Gasteiger charge is 2.16. The minimum absolute atomic E-state index is 0.342. The molecule has 0 N–H and O–H groups in total. The first-order valence-electron chi connectivity index (χ1n) is 5.88. The summed E-state index contributed by atoms with van der Waals surface area (Å²) in [6.45, 7) is 4.06. The summed E-state index contributed by atoms with van der Waals surface area (Å²) in [6.07, 6.45) is 7.54. The lowest BCUT2D eigenvalue weighted by Gasteiger charge is -2.10. The van der Waals surface area contributed by atoms with Crippen LogP contribution in [0.3, 0.4) is 0 Å². The van der Waals surface area contributed by atoms with E-state index < -0.39 is 0 Å². The van der Waals surface area contributed by atoms with Gasteiger partial charge in [0.05, 0.1) is 13.7 Å². The molecule has 1 rings (SSSR count). The molecule has 0 atom stereocenters. The second kappa shape index (κ2) is 7.33. The van der Waals surface area contributed by atoms with Crippen LogP contribution in [0.15, 0.2) is 36.4 Å². The summed E-state index contributed by atoms with van der Waals surface area (Å²) >= 11 is 0. The van der Waals surface area contributed by atoms with E-state index in [4.69, 9.17) is 9.47 Å². The fourth-order valence-corrected chi connectivity index (χ4v) is 1.55. The second-order valence-electron chi connectivity index (χ2n) is 3.53. The van der Waals surface area contributed by atoms with Crippen molar-refractivity contribution >= 4 is 12.0 Å². The van der Waals surface area contributed by atoms with Gasteiger partial charge in [0.2, 0.25) is 0 Å². The Bertz CT molecular complexity index is 459. The molecule has 18 heavy (non-hydrogen) atoms. The summed E-state index contributed by atoms with van der Waals surface area (Å²) in [6, 6.07) is 5.45. The van der Waals surface area contributed by atoms with E-state index in [2.05, 4.69) is 0 Å². The molecule has 0 bridgehead atoms. The molecule has 0 aliphatic carbocycles. The van der Waals surface area contributed by atoms with E-state index in [0.29, 0.717) is 17.9 Å². The van der Waals surface area contributed by atoms with Crippen LogP contribution in [0.25, 0.3) is 6.08 Å². The predicted molar refractivity (Wildman–Crippen MR) is 72.8 cm³/mol. The molecule has 0 fully saturated rings. The van der Waals surface area contributed by atoms with Crippen LogP contribution in [0, 0.1) is 0 Å². The van der Waals surface area contributed by atoms with Gasteiger partial charge in [-0.25, -0.2) is 4.79 Å². The van der Waals surface area contributed by atoms with Gasteiger partial charge in [-0.05, 0) is 25.5 Å². The van der Waals surface area contributed by atoms with Crippen LogP contribution in [-0.4, -0.2) is 19.7 Å². The van der Waals surface area contributed by atoms with E-state index in [0.717, 1.165) is 5.56 Å². The first-order valence-corrected chi connectivity index (χ1v) is 5.88. The molecule has 0 radical (unpaired) electrons. The number of benzene rings is 1. The number of carbonyl (C=O) groups excluding carboxylic acids is 1. The van der Waals surface area contributed by atoms with Crippen LogP contribution in [-0.2, 0) is 4.74 Å². The van der Waals surface area contributed by atoms with Gasteiger partial charge in [-0.1, -0.05) is 36.4 Å². The molecule has 1 aromatic carbocycles. The van der Waals surface area contributed by atoms with Gasteiger partial charge in [0.25, 0.3) is 0 Å². The maximum absolute atomic E-state index is 11.9. The number of carbonyl (C=O) groups is 1. The van der Waals surface area contributed by atoms with Gasteiger partial charge in [-0.2, -0.15) is 0 Å². The third-order valence-electron chi connectivity index (χ3n) is 2.34. The number of ether oxygens (including phenoxy) is 2. The van der Waals surface area contributed by atoms with Gasteiger partial charge in [-0.3, -0.25) is 0 Å². The monoisotopic (exact) mass is 246 g/mol. The lowest BCUT2D eigenvalue weighted by Crippen LogP contribution is -2.08. The molecule has 96 valence electrons. The lowest BCUT2D eigenvalue weighted by atomic mass is 10.1. The molecule has 3 heteroatoms. The molecule has 0 spiro atoms. The van der Waals surface area contributed by atoms with E-state index in [1.54, 1.807) is 13.0 Å². The summed E-state index contributed by atoms with van der Waals surface area (Å²) < 4.78 is 10.3. The summed E-state index contributed by atoms with van der Waals surface area (Å²) in [5.74, 6) is 0.158. The van der Waals surface area contributed by atoms with Crippen molar-refractivity contribution in [2.75, 3.05) is 13.7 Å². The molecule has 0 heterocycles. The van der Waals surface area contributed by atoms with E-state index in [1.807, 2.05) is 43.4 Å². The predicted octanol–water partition coefficient (Wildman–Crippen LogP) is 3.46. The molecule has 0 aliphatic heterocycles. The van der Waals surface area contributed by atoms with E-state index in [-0.39, 0.29) is 5.97 Å². The molecule has 0 amide bonds. The minimum Gasteiger partial charge on any atom is -0.496 e. The topological polar surface area (TPSA) is 35.5 Å². The van der Waals surface area contributed by atoms with Gasteiger partial charge in [0, 0.05) is 0 Å². The van der Waals surface area contributed by atoms with Gasteiger partial charge in [0.1, 0.15) is 11.3 Å². The largest absolute Gasteiger partial charge is 0.496 e. The molecule has 3 nitrogen and oxygen atoms in total. The van der Waals surface area contributed by atoms with E-state index in [9.17, 15) is 4.79 Å². The van der Waals surface area contributed by atoms with Crippen LogP contribution < -0.4 is 4.74 Å². The Labute approximate surface area is 108 Å². The molecule has 0 saturated heterocycles. The minimum atomic E-state index is -0.366. The number of rotatable bonds is 5.